The number of cyclic esters (lactones) is 1. The number of aliphatic imine (C=N–C) groups is 1. The van der Waals surface area contributed by atoms with Crippen molar-refractivity contribution < 1.29 is 14.3 Å². The van der Waals surface area contributed by atoms with Crippen molar-refractivity contribution in [3.63, 3.8) is 0 Å². The lowest BCUT2D eigenvalue weighted by atomic mass is 10.1. The Morgan fingerprint density at radius 1 is 1.32 bits per heavy atom. The zero-order chi connectivity index (χ0) is 15.5. The number of benzene rings is 1. The number of rotatable bonds is 3. The van der Waals surface area contributed by atoms with Gasteiger partial charge in [0.2, 0.25) is 5.90 Å². The van der Waals surface area contributed by atoms with Gasteiger partial charge in [0.15, 0.2) is 5.70 Å². The van der Waals surface area contributed by atoms with Gasteiger partial charge >= 0.3 is 5.97 Å². The molecule has 0 saturated carbocycles. The Morgan fingerprint density at radius 2 is 2.18 bits per heavy atom. The molecular formula is C16H11ClN2O3. The van der Waals surface area contributed by atoms with Gasteiger partial charge in [0, 0.05) is 23.0 Å². The van der Waals surface area contributed by atoms with Gasteiger partial charge < -0.3 is 9.47 Å². The minimum atomic E-state index is -0.527. The molecule has 0 aliphatic carbocycles. The molecule has 5 nitrogen and oxygen atoms in total. The molecule has 110 valence electrons. The second-order valence-corrected chi connectivity index (χ2v) is 4.90. The number of halogens is 1. The van der Waals surface area contributed by atoms with E-state index in [1.54, 1.807) is 55.9 Å². The van der Waals surface area contributed by atoms with Gasteiger partial charge in [0.1, 0.15) is 5.75 Å². The predicted octanol–water partition coefficient (Wildman–Crippen LogP) is 3.09. The summed E-state index contributed by atoms with van der Waals surface area (Å²) < 4.78 is 10.4. The topological polar surface area (TPSA) is 60.8 Å². The van der Waals surface area contributed by atoms with E-state index < -0.39 is 5.97 Å². The number of nitrogens with zero attached hydrogens (tertiary/aromatic N) is 2. The number of pyridine rings is 1. The van der Waals surface area contributed by atoms with E-state index in [-0.39, 0.29) is 11.6 Å². The molecule has 0 amide bonds. The van der Waals surface area contributed by atoms with E-state index in [4.69, 9.17) is 21.1 Å². The van der Waals surface area contributed by atoms with Crippen LogP contribution in [0.4, 0.5) is 0 Å². The van der Waals surface area contributed by atoms with Crippen LogP contribution in [0, 0.1) is 0 Å². The lowest BCUT2D eigenvalue weighted by Gasteiger charge is -2.04. The first-order chi connectivity index (χ1) is 10.7. The van der Waals surface area contributed by atoms with Crippen LogP contribution >= 0.6 is 11.6 Å². The number of carbonyl (C=O) groups is 1. The van der Waals surface area contributed by atoms with Crippen molar-refractivity contribution in [1.29, 1.82) is 0 Å². The molecule has 0 fully saturated rings. The fourth-order valence-electron chi connectivity index (χ4n) is 1.99. The summed E-state index contributed by atoms with van der Waals surface area (Å²) in [6, 6.07) is 8.63. The van der Waals surface area contributed by atoms with Crippen LogP contribution in [0.3, 0.4) is 0 Å². The maximum Gasteiger partial charge on any atom is 0.363 e. The molecule has 0 unspecified atom stereocenters. The Kier molecular flexibility index (Phi) is 3.89. The number of carbonyl (C=O) groups excluding carboxylic acids is 1. The Hall–Kier alpha value is -2.66. The molecule has 0 saturated heterocycles. The molecule has 1 aromatic heterocycles. The third-order valence-corrected chi connectivity index (χ3v) is 3.25. The Labute approximate surface area is 131 Å². The molecule has 0 radical (unpaired) electrons. The summed E-state index contributed by atoms with van der Waals surface area (Å²) in [7, 11) is 1.54. The normalized spacial score (nSPS) is 15.6. The summed E-state index contributed by atoms with van der Waals surface area (Å²) in [5.41, 5.74) is 1.47. The average Bonchev–Trinajstić information content (AvgIpc) is 2.90. The van der Waals surface area contributed by atoms with Crippen molar-refractivity contribution >= 4 is 29.5 Å². The first-order valence-corrected chi connectivity index (χ1v) is 6.81. The van der Waals surface area contributed by atoms with E-state index in [2.05, 4.69) is 9.98 Å². The summed E-state index contributed by atoms with van der Waals surface area (Å²) in [4.78, 5) is 20.1. The molecule has 22 heavy (non-hydrogen) atoms. The molecular weight excluding hydrogens is 304 g/mol. The average molecular weight is 315 g/mol. The summed E-state index contributed by atoms with van der Waals surface area (Å²) in [6.45, 7) is 0. The SMILES string of the molecule is COc1ccc(Cl)cc1/C=C1/N=C(c2cccnc2)OC1=O. The number of aromatic nitrogens is 1. The van der Waals surface area contributed by atoms with Gasteiger partial charge in [-0.15, -0.1) is 0 Å². The summed E-state index contributed by atoms with van der Waals surface area (Å²) >= 11 is 5.98. The molecule has 1 aliphatic heterocycles. The lowest BCUT2D eigenvalue weighted by Crippen LogP contribution is -2.05. The number of hydrogen-bond donors (Lipinski definition) is 0. The van der Waals surface area contributed by atoms with Gasteiger partial charge in [-0.2, -0.15) is 0 Å². The summed E-state index contributed by atoms with van der Waals surface area (Å²) in [5.74, 6) is 0.293. The first-order valence-electron chi connectivity index (χ1n) is 6.44. The highest BCUT2D eigenvalue weighted by Gasteiger charge is 2.24. The van der Waals surface area contributed by atoms with Gasteiger partial charge in [-0.3, -0.25) is 4.98 Å². The second kappa shape index (κ2) is 5.99. The molecule has 0 spiro atoms. The highest BCUT2D eigenvalue weighted by molar-refractivity contribution is 6.30. The summed E-state index contributed by atoms with van der Waals surface area (Å²) in [6.07, 6.45) is 4.79. The molecule has 3 rings (SSSR count). The monoisotopic (exact) mass is 314 g/mol. The number of ether oxygens (including phenoxy) is 2. The number of esters is 1. The van der Waals surface area contributed by atoms with E-state index in [1.165, 1.54) is 0 Å². The zero-order valence-electron chi connectivity index (χ0n) is 11.6. The fourth-order valence-corrected chi connectivity index (χ4v) is 2.17. The van der Waals surface area contributed by atoms with Crippen LogP contribution in [0.5, 0.6) is 5.75 Å². The Bertz CT molecular complexity index is 785. The first kappa shape index (κ1) is 14.3. The predicted molar refractivity (Wildman–Crippen MR) is 82.8 cm³/mol. The van der Waals surface area contributed by atoms with E-state index >= 15 is 0 Å². The van der Waals surface area contributed by atoms with E-state index in [1.807, 2.05) is 0 Å². The third-order valence-electron chi connectivity index (χ3n) is 3.01. The molecule has 0 atom stereocenters. The van der Waals surface area contributed by atoms with Crippen molar-refractivity contribution in [2.24, 2.45) is 4.99 Å². The van der Waals surface area contributed by atoms with Crippen LogP contribution in [-0.2, 0) is 9.53 Å². The molecule has 0 bridgehead atoms. The van der Waals surface area contributed by atoms with Gasteiger partial charge in [0.05, 0.1) is 12.7 Å². The maximum atomic E-state index is 11.9. The van der Waals surface area contributed by atoms with E-state index in [0.717, 1.165) is 0 Å². The highest BCUT2D eigenvalue weighted by atomic mass is 35.5. The van der Waals surface area contributed by atoms with Crippen molar-refractivity contribution in [2.45, 2.75) is 0 Å². The van der Waals surface area contributed by atoms with Gasteiger partial charge in [-0.25, -0.2) is 9.79 Å². The molecule has 1 aromatic carbocycles. The highest BCUT2D eigenvalue weighted by Crippen LogP contribution is 2.27. The van der Waals surface area contributed by atoms with Crippen molar-refractivity contribution in [1.82, 2.24) is 4.98 Å². The van der Waals surface area contributed by atoms with Crippen LogP contribution in [-0.4, -0.2) is 24.0 Å². The van der Waals surface area contributed by atoms with Crippen LogP contribution in [0.25, 0.3) is 6.08 Å². The Morgan fingerprint density at radius 3 is 2.91 bits per heavy atom. The minimum Gasteiger partial charge on any atom is -0.496 e. The number of hydrogen-bond acceptors (Lipinski definition) is 5. The zero-order valence-corrected chi connectivity index (χ0v) is 12.4. The van der Waals surface area contributed by atoms with Crippen molar-refractivity contribution in [2.75, 3.05) is 7.11 Å². The smallest absolute Gasteiger partial charge is 0.363 e. The molecule has 2 heterocycles. The largest absolute Gasteiger partial charge is 0.496 e. The second-order valence-electron chi connectivity index (χ2n) is 4.46. The van der Waals surface area contributed by atoms with Gasteiger partial charge in [-0.05, 0) is 36.4 Å². The lowest BCUT2D eigenvalue weighted by molar-refractivity contribution is -0.129. The van der Waals surface area contributed by atoms with Crippen LogP contribution < -0.4 is 4.74 Å². The molecule has 6 heteroatoms. The standard InChI is InChI=1S/C16H11ClN2O3/c1-21-14-5-4-12(17)7-11(14)8-13-16(20)22-15(19-13)10-3-2-6-18-9-10/h2-9H,1H3/b13-8+. The van der Waals surface area contributed by atoms with Crippen LogP contribution in [0.1, 0.15) is 11.1 Å². The van der Waals surface area contributed by atoms with Crippen molar-refractivity contribution in [3.05, 3.63) is 64.6 Å². The molecule has 2 aromatic rings. The quantitative estimate of drug-likeness (QED) is 0.645. The van der Waals surface area contributed by atoms with Crippen LogP contribution in [0.15, 0.2) is 53.4 Å². The van der Waals surface area contributed by atoms with E-state index in [0.29, 0.717) is 21.9 Å². The maximum absolute atomic E-state index is 11.9. The minimum absolute atomic E-state index is 0.180. The van der Waals surface area contributed by atoms with Crippen LogP contribution in [0.2, 0.25) is 5.02 Å². The molecule has 1 aliphatic rings. The third kappa shape index (κ3) is 2.84. The number of methoxy groups -OCH3 is 1. The van der Waals surface area contributed by atoms with Crippen molar-refractivity contribution in [3.8, 4) is 5.75 Å². The van der Waals surface area contributed by atoms with Gasteiger partial charge in [0.25, 0.3) is 0 Å². The van der Waals surface area contributed by atoms with Gasteiger partial charge in [-0.1, -0.05) is 11.6 Å². The van der Waals surface area contributed by atoms with E-state index in [9.17, 15) is 4.79 Å². The Balaban J connectivity index is 2.00. The molecule has 0 N–H and O–H groups in total. The summed E-state index contributed by atoms with van der Waals surface area (Å²) in [5, 5.41) is 0.537. The fraction of sp³-hybridized carbons (Fsp3) is 0.0625.